The van der Waals surface area contributed by atoms with Gasteiger partial charge in [-0.15, -0.1) is 0 Å². The van der Waals surface area contributed by atoms with Crippen LogP contribution in [0.1, 0.15) is 5.56 Å². The number of hydrogen-bond acceptors (Lipinski definition) is 3. The molecule has 0 aliphatic heterocycles. The fourth-order valence-electron chi connectivity index (χ4n) is 2.37. The highest BCUT2D eigenvalue weighted by Gasteiger charge is 2.20. The van der Waals surface area contributed by atoms with Crippen molar-refractivity contribution in [3.8, 4) is 0 Å². The number of fused-ring (bicyclic) bond motifs is 1. The third-order valence-corrected chi connectivity index (χ3v) is 5.31. The lowest BCUT2D eigenvalue weighted by atomic mass is 10.1. The Balaban J connectivity index is 2.20. The molecule has 4 heteroatoms. The van der Waals surface area contributed by atoms with Gasteiger partial charge in [0.05, 0.1) is 15.5 Å². The first-order valence-corrected chi connectivity index (χ1v) is 8.07. The lowest BCUT2D eigenvalue weighted by molar-refractivity contribution is 0.596. The molecule has 0 spiro atoms. The van der Waals surface area contributed by atoms with Crippen LogP contribution in [0.2, 0.25) is 0 Å². The highest BCUT2D eigenvalue weighted by molar-refractivity contribution is 7.91. The molecule has 0 saturated carbocycles. The number of nitrogens with two attached hydrogens (primary N) is 1. The Bertz CT molecular complexity index is 930. The SMILES string of the molecule is Cc1ccc(S(=O)(=O)c2ccc3ccccc3c2)c(N)c1. The van der Waals surface area contributed by atoms with E-state index in [4.69, 9.17) is 5.73 Å². The third kappa shape index (κ3) is 2.38. The van der Waals surface area contributed by atoms with Crippen LogP contribution < -0.4 is 5.73 Å². The molecule has 106 valence electrons. The van der Waals surface area contributed by atoms with E-state index in [2.05, 4.69) is 0 Å². The summed E-state index contributed by atoms with van der Waals surface area (Å²) in [7, 11) is -3.60. The van der Waals surface area contributed by atoms with E-state index in [0.29, 0.717) is 0 Å². The maximum absolute atomic E-state index is 12.7. The molecule has 0 radical (unpaired) electrons. The molecular weight excluding hydrogens is 282 g/mol. The van der Waals surface area contributed by atoms with Crippen molar-refractivity contribution in [1.29, 1.82) is 0 Å². The van der Waals surface area contributed by atoms with Gasteiger partial charge in [-0.3, -0.25) is 0 Å². The minimum Gasteiger partial charge on any atom is -0.398 e. The van der Waals surface area contributed by atoms with Crippen molar-refractivity contribution < 1.29 is 8.42 Å². The van der Waals surface area contributed by atoms with Crippen LogP contribution in [0, 0.1) is 6.92 Å². The van der Waals surface area contributed by atoms with Gasteiger partial charge in [-0.25, -0.2) is 8.42 Å². The zero-order valence-electron chi connectivity index (χ0n) is 11.6. The molecule has 3 rings (SSSR count). The van der Waals surface area contributed by atoms with Gasteiger partial charge in [0.25, 0.3) is 0 Å². The second-order valence-corrected chi connectivity index (χ2v) is 6.97. The predicted molar refractivity (Wildman–Crippen MR) is 85.0 cm³/mol. The van der Waals surface area contributed by atoms with Gasteiger partial charge in [0.2, 0.25) is 9.84 Å². The molecule has 0 heterocycles. The Morgan fingerprint density at radius 1 is 0.857 bits per heavy atom. The summed E-state index contributed by atoms with van der Waals surface area (Å²) in [5.41, 5.74) is 7.09. The van der Waals surface area contributed by atoms with Gasteiger partial charge in [-0.05, 0) is 47.5 Å². The molecule has 0 amide bonds. The largest absolute Gasteiger partial charge is 0.398 e. The van der Waals surface area contributed by atoms with Crippen molar-refractivity contribution in [3.05, 3.63) is 66.2 Å². The first-order chi connectivity index (χ1) is 9.98. The average Bonchev–Trinajstić information content (AvgIpc) is 2.46. The molecule has 0 unspecified atom stereocenters. The van der Waals surface area contributed by atoms with E-state index in [-0.39, 0.29) is 15.5 Å². The normalized spacial score (nSPS) is 11.7. The fourth-order valence-corrected chi connectivity index (χ4v) is 3.77. The Kier molecular flexibility index (Phi) is 3.18. The Morgan fingerprint density at radius 3 is 2.29 bits per heavy atom. The summed E-state index contributed by atoms with van der Waals surface area (Å²) in [6.07, 6.45) is 0. The summed E-state index contributed by atoms with van der Waals surface area (Å²) in [5.74, 6) is 0. The van der Waals surface area contributed by atoms with Crippen LogP contribution in [0.4, 0.5) is 5.69 Å². The topological polar surface area (TPSA) is 60.2 Å². The molecule has 3 aromatic rings. The van der Waals surface area contributed by atoms with E-state index in [0.717, 1.165) is 16.3 Å². The molecule has 0 aliphatic rings. The average molecular weight is 297 g/mol. The van der Waals surface area contributed by atoms with E-state index in [1.54, 1.807) is 30.3 Å². The van der Waals surface area contributed by atoms with Crippen molar-refractivity contribution in [3.63, 3.8) is 0 Å². The zero-order chi connectivity index (χ0) is 15.0. The molecule has 3 nitrogen and oxygen atoms in total. The van der Waals surface area contributed by atoms with Crippen molar-refractivity contribution in [1.82, 2.24) is 0 Å². The Morgan fingerprint density at radius 2 is 1.57 bits per heavy atom. The highest BCUT2D eigenvalue weighted by atomic mass is 32.2. The number of rotatable bonds is 2. The lowest BCUT2D eigenvalue weighted by Crippen LogP contribution is -2.05. The summed E-state index contributed by atoms with van der Waals surface area (Å²) >= 11 is 0. The van der Waals surface area contributed by atoms with Gasteiger partial charge < -0.3 is 5.73 Å². The zero-order valence-corrected chi connectivity index (χ0v) is 12.4. The fraction of sp³-hybridized carbons (Fsp3) is 0.0588. The number of hydrogen-bond donors (Lipinski definition) is 1. The standard InChI is InChI=1S/C17H15NO2S/c1-12-6-9-17(16(18)10-12)21(19,20)15-8-7-13-4-2-3-5-14(13)11-15/h2-11H,18H2,1H3. The summed E-state index contributed by atoms with van der Waals surface area (Å²) in [5, 5.41) is 1.90. The van der Waals surface area contributed by atoms with E-state index in [9.17, 15) is 8.42 Å². The first-order valence-electron chi connectivity index (χ1n) is 6.58. The van der Waals surface area contributed by atoms with Crippen LogP contribution in [-0.2, 0) is 9.84 Å². The quantitative estimate of drug-likeness (QED) is 0.736. The number of benzene rings is 3. The molecule has 0 aromatic heterocycles. The molecule has 0 bridgehead atoms. The van der Waals surface area contributed by atoms with E-state index >= 15 is 0 Å². The van der Waals surface area contributed by atoms with E-state index in [1.165, 1.54) is 0 Å². The van der Waals surface area contributed by atoms with Gasteiger partial charge in [0, 0.05) is 0 Å². The van der Waals surface area contributed by atoms with E-state index in [1.807, 2.05) is 37.3 Å². The van der Waals surface area contributed by atoms with Crippen LogP contribution >= 0.6 is 0 Å². The molecule has 0 aliphatic carbocycles. The van der Waals surface area contributed by atoms with E-state index < -0.39 is 9.84 Å². The number of aryl methyl sites for hydroxylation is 1. The number of sulfone groups is 1. The van der Waals surface area contributed by atoms with Crippen LogP contribution in [0.15, 0.2) is 70.5 Å². The Hall–Kier alpha value is -2.33. The molecule has 0 fully saturated rings. The minimum atomic E-state index is -3.60. The minimum absolute atomic E-state index is 0.156. The number of nitrogen functional groups attached to an aromatic ring is 1. The molecule has 0 saturated heterocycles. The molecule has 3 aromatic carbocycles. The van der Waals surface area contributed by atoms with Crippen molar-refractivity contribution in [2.45, 2.75) is 16.7 Å². The summed E-state index contributed by atoms with van der Waals surface area (Å²) < 4.78 is 25.5. The van der Waals surface area contributed by atoms with Crippen molar-refractivity contribution in [2.75, 3.05) is 5.73 Å². The third-order valence-electron chi connectivity index (χ3n) is 3.49. The lowest BCUT2D eigenvalue weighted by Gasteiger charge is -2.09. The molecule has 21 heavy (non-hydrogen) atoms. The molecular formula is C17H15NO2S. The predicted octanol–water partition coefficient (Wildman–Crippen LogP) is 3.56. The molecule has 0 atom stereocenters. The monoisotopic (exact) mass is 297 g/mol. The second-order valence-electron chi connectivity index (χ2n) is 5.05. The van der Waals surface area contributed by atoms with Gasteiger partial charge >= 0.3 is 0 Å². The van der Waals surface area contributed by atoms with Crippen LogP contribution in [0.3, 0.4) is 0 Å². The maximum atomic E-state index is 12.7. The molecule has 2 N–H and O–H groups in total. The highest BCUT2D eigenvalue weighted by Crippen LogP contribution is 2.28. The first kappa shape index (κ1) is 13.6. The number of anilines is 1. The second kappa shape index (κ2) is 4.90. The summed E-state index contributed by atoms with van der Waals surface area (Å²) in [4.78, 5) is 0.417. The Labute approximate surface area is 124 Å². The summed E-state index contributed by atoms with van der Waals surface area (Å²) in [6, 6.07) is 17.8. The summed E-state index contributed by atoms with van der Waals surface area (Å²) in [6.45, 7) is 1.88. The van der Waals surface area contributed by atoms with Gasteiger partial charge in [0.15, 0.2) is 0 Å². The van der Waals surface area contributed by atoms with Gasteiger partial charge in [0.1, 0.15) is 0 Å². The van der Waals surface area contributed by atoms with Gasteiger partial charge in [-0.2, -0.15) is 0 Å². The maximum Gasteiger partial charge on any atom is 0.208 e. The van der Waals surface area contributed by atoms with Crippen LogP contribution in [0.25, 0.3) is 10.8 Å². The van der Waals surface area contributed by atoms with Crippen molar-refractivity contribution in [2.24, 2.45) is 0 Å². The smallest absolute Gasteiger partial charge is 0.208 e. The van der Waals surface area contributed by atoms with Gasteiger partial charge in [-0.1, -0.05) is 36.4 Å². The van der Waals surface area contributed by atoms with Crippen LogP contribution in [-0.4, -0.2) is 8.42 Å². The van der Waals surface area contributed by atoms with Crippen LogP contribution in [0.5, 0.6) is 0 Å². The van der Waals surface area contributed by atoms with Crippen molar-refractivity contribution >= 4 is 26.3 Å².